The second kappa shape index (κ2) is 7.09. The van der Waals surface area contributed by atoms with Gasteiger partial charge in [-0.2, -0.15) is 0 Å². The van der Waals surface area contributed by atoms with E-state index in [2.05, 4.69) is 5.32 Å². The molecule has 2 unspecified atom stereocenters. The van der Waals surface area contributed by atoms with Crippen molar-refractivity contribution in [2.45, 2.75) is 26.3 Å². The molecular weight excluding hydrogens is 260 g/mol. The van der Waals surface area contributed by atoms with Crippen molar-refractivity contribution in [2.24, 2.45) is 11.7 Å². The molecule has 104 valence electrons. The minimum absolute atomic E-state index is 0.0955. The zero-order chi connectivity index (χ0) is 14.4. The molecule has 3 N–H and O–H groups in total. The average Bonchev–Trinajstić information content (AvgIpc) is 2.39. The number of ether oxygens (including phenoxy) is 1. The van der Waals surface area contributed by atoms with Crippen molar-refractivity contribution in [3.63, 3.8) is 0 Å². The summed E-state index contributed by atoms with van der Waals surface area (Å²) in [6.07, 6.45) is 0.608. The van der Waals surface area contributed by atoms with Crippen molar-refractivity contribution in [2.75, 3.05) is 7.11 Å². The maximum atomic E-state index is 12.0. The van der Waals surface area contributed by atoms with Crippen LogP contribution in [0.15, 0.2) is 24.3 Å². The van der Waals surface area contributed by atoms with Gasteiger partial charge in [-0.25, -0.2) is 0 Å². The molecule has 19 heavy (non-hydrogen) atoms. The summed E-state index contributed by atoms with van der Waals surface area (Å²) in [5.74, 6) is 0.255. The summed E-state index contributed by atoms with van der Waals surface area (Å²) in [5, 5.41) is 2.92. The summed E-state index contributed by atoms with van der Waals surface area (Å²) >= 11 is 4.90. The molecule has 0 fully saturated rings. The molecule has 0 spiro atoms. The smallest absolute Gasteiger partial charge is 0.230 e. The predicted octanol–water partition coefficient (Wildman–Crippen LogP) is 2.18. The Labute approximate surface area is 119 Å². The number of carbonyl (C=O) groups is 1. The van der Waals surface area contributed by atoms with Gasteiger partial charge in [-0.1, -0.05) is 31.3 Å². The molecule has 0 aliphatic carbocycles. The van der Waals surface area contributed by atoms with Crippen molar-refractivity contribution in [3.8, 4) is 5.75 Å². The number of hydrogen-bond acceptors (Lipinski definition) is 3. The topological polar surface area (TPSA) is 64.3 Å². The number of hydrogen-bond donors (Lipinski definition) is 2. The maximum absolute atomic E-state index is 12.0. The van der Waals surface area contributed by atoms with E-state index in [0.717, 1.165) is 11.3 Å². The standard InChI is InChI=1S/C14H20N2O2S/c1-4-12(13(15)19)14(17)16-9(2)10-5-7-11(18-3)8-6-10/h5-9,12H,4H2,1-3H3,(H2,15,19)(H,16,17). The quantitative estimate of drug-likeness (QED) is 0.784. The first kappa shape index (κ1) is 15.4. The van der Waals surface area contributed by atoms with Gasteiger partial charge in [0.2, 0.25) is 5.91 Å². The highest BCUT2D eigenvalue weighted by atomic mass is 32.1. The van der Waals surface area contributed by atoms with Gasteiger partial charge in [0.15, 0.2) is 0 Å². The monoisotopic (exact) mass is 280 g/mol. The highest BCUT2D eigenvalue weighted by molar-refractivity contribution is 7.80. The van der Waals surface area contributed by atoms with Crippen LogP contribution in [0.4, 0.5) is 0 Å². The molecule has 0 aromatic heterocycles. The Hall–Kier alpha value is -1.62. The van der Waals surface area contributed by atoms with Gasteiger partial charge in [-0.05, 0) is 31.0 Å². The van der Waals surface area contributed by atoms with Crippen LogP contribution in [0.5, 0.6) is 5.75 Å². The highest BCUT2D eigenvalue weighted by Gasteiger charge is 2.21. The molecule has 5 heteroatoms. The fourth-order valence-corrected chi connectivity index (χ4v) is 2.08. The largest absolute Gasteiger partial charge is 0.497 e. The van der Waals surface area contributed by atoms with Crippen LogP contribution >= 0.6 is 12.2 Å². The first-order valence-electron chi connectivity index (χ1n) is 6.23. The van der Waals surface area contributed by atoms with E-state index in [4.69, 9.17) is 22.7 Å². The highest BCUT2D eigenvalue weighted by Crippen LogP contribution is 2.18. The van der Waals surface area contributed by atoms with E-state index in [1.165, 1.54) is 0 Å². The second-order valence-corrected chi connectivity index (χ2v) is 4.84. The Kier molecular flexibility index (Phi) is 5.76. The maximum Gasteiger partial charge on any atom is 0.230 e. The van der Waals surface area contributed by atoms with Gasteiger partial charge in [0.05, 0.1) is 24.1 Å². The summed E-state index contributed by atoms with van der Waals surface area (Å²) < 4.78 is 5.10. The number of benzene rings is 1. The van der Waals surface area contributed by atoms with Crippen LogP contribution in [0, 0.1) is 5.92 Å². The van der Waals surface area contributed by atoms with Crippen molar-refractivity contribution in [3.05, 3.63) is 29.8 Å². The number of amides is 1. The molecule has 1 rings (SSSR count). The molecule has 0 heterocycles. The Bertz CT molecular complexity index is 445. The predicted molar refractivity (Wildman–Crippen MR) is 80.1 cm³/mol. The summed E-state index contributed by atoms with van der Waals surface area (Å²) in [6, 6.07) is 7.48. The molecule has 2 atom stereocenters. The Balaban J connectivity index is 2.70. The molecule has 1 amide bonds. The Morgan fingerprint density at radius 3 is 2.42 bits per heavy atom. The molecule has 0 radical (unpaired) electrons. The Morgan fingerprint density at radius 1 is 1.42 bits per heavy atom. The van der Waals surface area contributed by atoms with Crippen molar-refractivity contribution in [1.82, 2.24) is 5.32 Å². The van der Waals surface area contributed by atoms with E-state index in [1.807, 2.05) is 38.1 Å². The van der Waals surface area contributed by atoms with Gasteiger partial charge in [0, 0.05) is 0 Å². The molecule has 0 saturated heterocycles. The van der Waals surface area contributed by atoms with Gasteiger partial charge in [0.25, 0.3) is 0 Å². The lowest BCUT2D eigenvalue weighted by Crippen LogP contribution is -2.38. The van der Waals surface area contributed by atoms with Crippen LogP contribution in [-0.4, -0.2) is 18.0 Å². The van der Waals surface area contributed by atoms with Crippen LogP contribution < -0.4 is 15.8 Å². The number of carbonyl (C=O) groups excluding carboxylic acids is 1. The molecule has 0 bridgehead atoms. The van der Waals surface area contributed by atoms with Gasteiger partial charge in [-0.3, -0.25) is 4.79 Å². The molecule has 0 aliphatic rings. The fourth-order valence-electron chi connectivity index (χ4n) is 1.81. The molecule has 1 aromatic carbocycles. The zero-order valence-electron chi connectivity index (χ0n) is 11.5. The fraction of sp³-hybridized carbons (Fsp3) is 0.429. The SMILES string of the molecule is CCC(C(=O)NC(C)c1ccc(OC)cc1)C(N)=S. The summed E-state index contributed by atoms with van der Waals surface area (Å²) in [5.41, 5.74) is 6.56. The van der Waals surface area contributed by atoms with Crippen LogP contribution in [0.25, 0.3) is 0 Å². The third kappa shape index (κ3) is 4.21. The lowest BCUT2D eigenvalue weighted by molar-refractivity contribution is -0.123. The normalized spacial score (nSPS) is 13.4. The second-order valence-electron chi connectivity index (χ2n) is 4.37. The van der Waals surface area contributed by atoms with Crippen LogP contribution in [-0.2, 0) is 4.79 Å². The number of rotatable bonds is 6. The Morgan fingerprint density at radius 2 is 2.00 bits per heavy atom. The van der Waals surface area contributed by atoms with Crippen molar-refractivity contribution in [1.29, 1.82) is 0 Å². The van der Waals surface area contributed by atoms with E-state index in [0.29, 0.717) is 6.42 Å². The first-order valence-corrected chi connectivity index (χ1v) is 6.64. The molecule has 0 saturated carbocycles. The van der Waals surface area contributed by atoms with E-state index in [-0.39, 0.29) is 16.9 Å². The number of thiocarbonyl (C=S) groups is 1. The molecular formula is C14H20N2O2S. The van der Waals surface area contributed by atoms with Gasteiger partial charge in [-0.15, -0.1) is 0 Å². The van der Waals surface area contributed by atoms with Crippen LogP contribution in [0.3, 0.4) is 0 Å². The minimum atomic E-state index is -0.407. The number of nitrogens with two attached hydrogens (primary N) is 1. The molecule has 4 nitrogen and oxygen atoms in total. The summed E-state index contributed by atoms with van der Waals surface area (Å²) in [4.78, 5) is 12.3. The van der Waals surface area contributed by atoms with Gasteiger partial charge in [0.1, 0.15) is 5.75 Å². The van der Waals surface area contributed by atoms with Crippen molar-refractivity contribution >= 4 is 23.1 Å². The lowest BCUT2D eigenvalue weighted by Gasteiger charge is -2.19. The van der Waals surface area contributed by atoms with Crippen LogP contribution in [0.2, 0.25) is 0 Å². The molecule has 0 aliphatic heterocycles. The van der Waals surface area contributed by atoms with Gasteiger partial charge >= 0.3 is 0 Å². The first-order chi connectivity index (χ1) is 8.99. The average molecular weight is 280 g/mol. The summed E-state index contributed by atoms with van der Waals surface area (Å²) in [7, 11) is 1.62. The zero-order valence-corrected chi connectivity index (χ0v) is 12.3. The lowest BCUT2D eigenvalue weighted by atomic mass is 10.0. The van der Waals surface area contributed by atoms with E-state index >= 15 is 0 Å². The van der Waals surface area contributed by atoms with Crippen molar-refractivity contribution < 1.29 is 9.53 Å². The minimum Gasteiger partial charge on any atom is -0.497 e. The number of nitrogens with one attached hydrogen (secondary N) is 1. The van der Waals surface area contributed by atoms with Gasteiger partial charge < -0.3 is 15.8 Å². The molecule has 1 aromatic rings. The summed E-state index contributed by atoms with van der Waals surface area (Å²) in [6.45, 7) is 3.81. The van der Waals surface area contributed by atoms with E-state index in [9.17, 15) is 4.79 Å². The van der Waals surface area contributed by atoms with E-state index in [1.54, 1.807) is 7.11 Å². The number of methoxy groups -OCH3 is 1. The van der Waals surface area contributed by atoms with E-state index < -0.39 is 5.92 Å². The van der Waals surface area contributed by atoms with Crippen LogP contribution in [0.1, 0.15) is 31.9 Å². The third-order valence-electron chi connectivity index (χ3n) is 3.04. The third-order valence-corrected chi connectivity index (χ3v) is 3.33.